The Morgan fingerprint density at radius 3 is 2.55 bits per heavy atom. The number of furan rings is 1. The summed E-state index contributed by atoms with van der Waals surface area (Å²) >= 11 is 0. The molecule has 0 aliphatic heterocycles. The molecule has 0 saturated carbocycles. The van der Waals surface area contributed by atoms with E-state index in [1.807, 2.05) is 18.2 Å². The maximum atomic E-state index is 5.14. The summed E-state index contributed by atoms with van der Waals surface area (Å²) in [5.41, 5.74) is 0.229. The zero-order valence-electron chi connectivity index (χ0n) is 7.29. The molecule has 0 radical (unpaired) electrons. The molecule has 0 N–H and O–H groups in total. The van der Waals surface area contributed by atoms with E-state index >= 15 is 0 Å². The largest absolute Gasteiger partial charge is 0.465 e. The van der Waals surface area contributed by atoms with Crippen molar-refractivity contribution < 1.29 is 4.42 Å². The first-order valence-electron chi connectivity index (χ1n) is 3.81. The first-order chi connectivity index (χ1) is 5.08. The molecule has 0 aliphatic carbocycles. The summed E-state index contributed by atoms with van der Waals surface area (Å²) in [6.45, 7) is 6.48. The van der Waals surface area contributed by atoms with Crippen molar-refractivity contribution in [3.05, 3.63) is 30.2 Å². The highest BCUT2D eigenvalue weighted by Crippen LogP contribution is 2.16. The molecule has 0 aliphatic rings. The molecule has 0 saturated heterocycles. The van der Waals surface area contributed by atoms with Crippen LogP contribution in [0.3, 0.4) is 0 Å². The van der Waals surface area contributed by atoms with Gasteiger partial charge in [0.25, 0.3) is 0 Å². The summed E-state index contributed by atoms with van der Waals surface area (Å²) in [6.07, 6.45) is 5.81. The first-order valence-corrected chi connectivity index (χ1v) is 3.81. The lowest BCUT2D eigenvalue weighted by molar-refractivity contribution is 0.537. The lowest BCUT2D eigenvalue weighted by Gasteiger charge is -2.09. The normalized spacial score (nSPS) is 12.6. The molecule has 1 aromatic rings. The van der Waals surface area contributed by atoms with E-state index in [-0.39, 0.29) is 5.41 Å². The van der Waals surface area contributed by atoms with Gasteiger partial charge >= 0.3 is 0 Å². The van der Waals surface area contributed by atoms with Gasteiger partial charge < -0.3 is 4.42 Å². The summed E-state index contributed by atoms with van der Waals surface area (Å²) in [5.74, 6) is 0.917. The van der Waals surface area contributed by atoms with E-state index in [0.717, 1.165) is 5.76 Å². The van der Waals surface area contributed by atoms with Gasteiger partial charge in [-0.1, -0.05) is 26.8 Å². The molecular weight excluding hydrogens is 136 g/mol. The Hall–Kier alpha value is -0.980. The standard InChI is InChI=1S/C10H14O/c1-10(2,3)7-6-9-5-4-8-11-9/h4-8H,1-3H3/b7-6+. The lowest BCUT2D eigenvalue weighted by atomic mass is 9.96. The van der Waals surface area contributed by atoms with Gasteiger partial charge in [-0.15, -0.1) is 0 Å². The monoisotopic (exact) mass is 150 g/mol. The van der Waals surface area contributed by atoms with Crippen LogP contribution >= 0.6 is 0 Å². The summed E-state index contributed by atoms with van der Waals surface area (Å²) in [4.78, 5) is 0. The predicted octanol–water partition coefficient (Wildman–Crippen LogP) is 3.34. The molecule has 1 heteroatoms. The van der Waals surface area contributed by atoms with Crippen LogP contribution in [0.15, 0.2) is 28.9 Å². The fraction of sp³-hybridized carbons (Fsp3) is 0.400. The van der Waals surface area contributed by atoms with Crippen molar-refractivity contribution in [2.45, 2.75) is 20.8 Å². The summed E-state index contributed by atoms with van der Waals surface area (Å²) in [5, 5.41) is 0. The SMILES string of the molecule is CC(C)(C)/C=C/c1ccco1. The second-order valence-corrected chi connectivity index (χ2v) is 3.71. The van der Waals surface area contributed by atoms with Crippen molar-refractivity contribution >= 4 is 6.08 Å². The van der Waals surface area contributed by atoms with Crippen molar-refractivity contribution in [3.8, 4) is 0 Å². The minimum Gasteiger partial charge on any atom is -0.465 e. The Bertz CT molecular complexity index is 224. The number of allylic oxidation sites excluding steroid dienone is 1. The van der Waals surface area contributed by atoms with Gasteiger partial charge in [0, 0.05) is 0 Å². The third-order valence-electron chi connectivity index (χ3n) is 1.29. The minimum absolute atomic E-state index is 0.229. The van der Waals surface area contributed by atoms with Crippen LogP contribution in [0.25, 0.3) is 6.08 Å². The van der Waals surface area contributed by atoms with E-state index in [9.17, 15) is 0 Å². The van der Waals surface area contributed by atoms with Gasteiger partial charge in [0.1, 0.15) is 5.76 Å². The van der Waals surface area contributed by atoms with Crippen molar-refractivity contribution in [1.29, 1.82) is 0 Å². The highest BCUT2D eigenvalue weighted by molar-refractivity contribution is 5.42. The number of hydrogen-bond acceptors (Lipinski definition) is 1. The van der Waals surface area contributed by atoms with Gasteiger partial charge in [-0.25, -0.2) is 0 Å². The number of rotatable bonds is 1. The van der Waals surface area contributed by atoms with E-state index in [0.29, 0.717) is 0 Å². The summed E-state index contributed by atoms with van der Waals surface area (Å²) in [7, 11) is 0. The fourth-order valence-corrected chi connectivity index (χ4v) is 0.718. The van der Waals surface area contributed by atoms with Crippen LogP contribution in [0.2, 0.25) is 0 Å². The van der Waals surface area contributed by atoms with Crippen LogP contribution in [-0.2, 0) is 0 Å². The van der Waals surface area contributed by atoms with Crippen molar-refractivity contribution in [1.82, 2.24) is 0 Å². The Morgan fingerprint density at radius 1 is 1.36 bits per heavy atom. The maximum Gasteiger partial charge on any atom is 0.126 e. The molecule has 60 valence electrons. The average molecular weight is 150 g/mol. The first kappa shape index (κ1) is 8.12. The highest BCUT2D eigenvalue weighted by Gasteiger charge is 2.03. The van der Waals surface area contributed by atoms with E-state index in [4.69, 9.17) is 4.42 Å². The molecule has 0 atom stereocenters. The summed E-state index contributed by atoms with van der Waals surface area (Å²) in [6, 6.07) is 3.84. The van der Waals surface area contributed by atoms with Gasteiger partial charge in [0.2, 0.25) is 0 Å². The Morgan fingerprint density at radius 2 is 2.09 bits per heavy atom. The second kappa shape index (κ2) is 2.95. The molecule has 0 bridgehead atoms. The van der Waals surface area contributed by atoms with Gasteiger partial charge in [-0.2, -0.15) is 0 Å². The van der Waals surface area contributed by atoms with Gasteiger partial charge in [0.15, 0.2) is 0 Å². The lowest BCUT2D eigenvalue weighted by Crippen LogP contribution is -1.97. The van der Waals surface area contributed by atoms with Crippen LogP contribution in [0.1, 0.15) is 26.5 Å². The fourth-order valence-electron chi connectivity index (χ4n) is 0.718. The molecule has 0 unspecified atom stereocenters. The van der Waals surface area contributed by atoms with Crippen molar-refractivity contribution in [3.63, 3.8) is 0 Å². The van der Waals surface area contributed by atoms with Gasteiger partial charge in [-0.05, 0) is 23.6 Å². The molecule has 11 heavy (non-hydrogen) atoms. The van der Waals surface area contributed by atoms with E-state index < -0.39 is 0 Å². The quantitative estimate of drug-likeness (QED) is 0.598. The predicted molar refractivity (Wildman–Crippen MR) is 47.2 cm³/mol. The molecule has 1 heterocycles. The van der Waals surface area contributed by atoms with Crippen LogP contribution in [0.4, 0.5) is 0 Å². The molecule has 1 rings (SSSR count). The smallest absolute Gasteiger partial charge is 0.126 e. The molecule has 0 aromatic carbocycles. The average Bonchev–Trinajstić information content (AvgIpc) is 2.32. The van der Waals surface area contributed by atoms with Crippen LogP contribution in [0.5, 0.6) is 0 Å². The van der Waals surface area contributed by atoms with Gasteiger partial charge in [0.05, 0.1) is 6.26 Å². The molecule has 0 amide bonds. The van der Waals surface area contributed by atoms with Crippen molar-refractivity contribution in [2.24, 2.45) is 5.41 Å². The Labute approximate surface area is 67.7 Å². The molecule has 1 aromatic heterocycles. The van der Waals surface area contributed by atoms with E-state index in [1.54, 1.807) is 6.26 Å². The third kappa shape index (κ3) is 3.08. The van der Waals surface area contributed by atoms with Gasteiger partial charge in [-0.3, -0.25) is 0 Å². The van der Waals surface area contributed by atoms with Crippen LogP contribution < -0.4 is 0 Å². The van der Waals surface area contributed by atoms with E-state index in [2.05, 4.69) is 26.8 Å². The molecular formula is C10H14O. The maximum absolute atomic E-state index is 5.14. The molecule has 1 nitrogen and oxygen atoms in total. The minimum atomic E-state index is 0.229. The second-order valence-electron chi connectivity index (χ2n) is 3.71. The summed E-state index contributed by atoms with van der Waals surface area (Å²) < 4.78 is 5.14. The molecule has 0 fully saturated rings. The molecule has 0 spiro atoms. The third-order valence-corrected chi connectivity index (χ3v) is 1.29. The zero-order chi connectivity index (χ0) is 8.32. The van der Waals surface area contributed by atoms with E-state index in [1.165, 1.54) is 0 Å². The highest BCUT2D eigenvalue weighted by atomic mass is 16.3. The van der Waals surface area contributed by atoms with Crippen molar-refractivity contribution in [2.75, 3.05) is 0 Å². The Kier molecular flexibility index (Phi) is 2.18. The van der Waals surface area contributed by atoms with Crippen LogP contribution in [-0.4, -0.2) is 0 Å². The Balaban J connectivity index is 2.63. The topological polar surface area (TPSA) is 13.1 Å². The zero-order valence-corrected chi connectivity index (χ0v) is 7.29. The number of hydrogen-bond donors (Lipinski definition) is 0. The van der Waals surface area contributed by atoms with Crippen LogP contribution in [0, 0.1) is 5.41 Å².